The van der Waals surface area contributed by atoms with Gasteiger partial charge in [0, 0.05) is 16.9 Å². The molecule has 1 atom stereocenters. The van der Waals surface area contributed by atoms with Crippen LogP contribution in [-0.2, 0) is 0 Å². The van der Waals surface area contributed by atoms with Crippen LogP contribution in [0.4, 0.5) is 0 Å². The molecule has 0 aromatic heterocycles. The summed E-state index contributed by atoms with van der Waals surface area (Å²) in [7, 11) is 0. The van der Waals surface area contributed by atoms with Crippen molar-refractivity contribution in [2.45, 2.75) is 31.5 Å². The van der Waals surface area contributed by atoms with Crippen LogP contribution in [0.2, 0.25) is 0 Å². The Labute approximate surface area is 110 Å². The monoisotopic (exact) mass is 299 g/mol. The molecule has 0 heterocycles. The van der Waals surface area contributed by atoms with E-state index in [2.05, 4.69) is 28.2 Å². The van der Waals surface area contributed by atoms with Crippen LogP contribution in [0.1, 0.15) is 35.7 Å². The number of aryl methyl sites for hydroxylation is 1. The van der Waals surface area contributed by atoms with Gasteiger partial charge in [-0.3, -0.25) is 4.79 Å². The first-order valence-electron chi connectivity index (χ1n) is 5.72. The fourth-order valence-electron chi connectivity index (χ4n) is 1.44. The highest BCUT2D eigenvalue weighted by Crippen LogP contribution is 2.17. The number of hydrogen-bond acceptors (Lipinski definition) is 2. The Hall–Kier alpha value is -1.03. The first-order valence-corrected chi connectivity index (χ1v) is 6.64. The second kappa shape index (κ2) is 6.64. The van der Waals surface area contributed by atoms with Crippen LogP contribution in [0.3, 0.4) is 0 Å². The lowest BCUT2D eigenvalue weighted by Gasteiger charge is -2.07. The third-order valence-corrected chi connectivity index (χ3v) is 2.99. The van der Waals surface area contributed by atoms with E-state index in [1.54, 1.807) is 19.1 Å². The quantitative estimate of drug-likeness (QED) is 0.649. The van der Waals surface area contributed by atoms with E-state index in [0.29, 0.717) is 16.9 Å². The number of benzene rings is 1. The summed E-state index contributed by atoms with van der Waals surface area (Å²) in [6.45, 7) is 4.54. The van der Waals surface area contributed by atoms with Gasteiger partial charge in [-0.25, -0.2) is 0 Å². The van der Waals surface area contributed by atoms with Gasteiger partial charge in [0.05, 0.1) is 0 Å². The predicted octanol–water partition coefficient (Wildman–Crippen LogP) is 2.99. The van der Waals surface area contributed by atoms with E-state index in [9.17, 15) is 9.90 Å². The number of halogens is 1. The fourth-order valence-corrected chi connectivity index (χ4v) is 1.76. The molecule has 0 aliphatic heterocycles. The number of phenols is 1. The number of rotatable bonds is 5. The molecule has 1 aromatic carbocycles. The van der Waals surface area contributed by atoms with Crippen molar-refractivity contribution < 1.29 is 9.90 Å². The normalized spacial score (nSPS) is 12.2. The lowest BCUT2D eigenvalue weighted by Crippen LogP contribution is -2.24. The molecule has 0 aliphatic carbocycles. The lowest BCUT2D eigenvalue weighted by molar-refractivity contribution is 0.0952. The van der Waals surface area contributed by atoms with Crippen molar-refractivity contribution in [3.05, 3.63) is 29.3 Å². The lowest BCUT2D eigenvalue weighted by atomic mass is 10.1. The molecule has 0 fully saturated rings. The smallest absolute Gasteiger partial charge is 0.251 e. The summed E-state index contributed by atoms with van der Waals surface area (Å²) < 4.78 is 0. The summed E-state index contributed by atoms with van der Waals surface area (Å²) in [6, 6.07) is 4.96. The van der Waals surface area contributed by atoms with Gasteiger partial charge in [-0.15, -0.1) is 0 Å². The summed E-state index contributed by atoms with van der Waals surface area (Å²) >= 11 is 3.46. The first-order chi connectivity index (χ1) is 8.00. The topological polar surface area (TPSA) is 49.3 Å². The van der Waals surface area contributed by atoms with Gasteiger partial charge in [0.1, 0.15) is 5.75 Å². The van der Waals surface area contributed by atoms with Crippen LogP contribution in [0.5, 0.6) is 5.75 Å². The molecular formula is C13H18BrNO2. The molecule has 2 N–H and O–H groups in total. The second-order valence-electron chi connectivity index (χ2n) is 4.18. The van der Waals surface area contributed by atoms with Crippen molar-refractivity contribution in [2.24, 2.45) is 0 Å². The molecule has 0 spiro atoms. The van der Waals surface area contributed by atoms with Crippen LogP contribution in [0, 0.1) is 6.92 Å². The van der Waals surface area contributed by atoms with E-state index in [1.807, 2.05) is 0 Å². The molecule has 1 rings (SSSR count). The Morgan fingerprint density at radius 3 is 2.82 bits per heavy atom. The number of carbonyl (C=O) groups is 1. The maximum atomic E-state index is 11.7. The molecule has 0 saturated carbocycles. The van der Waals surface area contributed by atoms with Crippen molar-refractivity contribution in [3.63, 3.8) is 0 Å². The van der Waals surface area contributed by atoms with Crippen molar-refractivity contribution in [2.75, 3.05) is 6.54 Å². The van der Waals surface area contributed by atoms with Crippen molar-refractivity contribution in [3.8, 4) is 5.75 Å². The molecule has 94 valence electrons. The third-order valence-electron chi connectivity index (χ3n) is 2.54. The highest BCUT2D eigenvalue weighted by Gasteiger charge is 2.07. The molecule has 0 saturated heterocycles. The van der Waals surface area contributed by atoms with Crippen molar-refractivity contribution in [1.82, 2.24) is 5.32 Å². The van der Waals surface area contributed by atoms with Crippen LogP contribution < -0.4 is 5.32 Å². The van der Waals surface area contributed by atoms with Gasteiger partial charge in [0.25, 0.3) is 5.91 Å². The molecule has 17 heavy (non-hydrogen) atoms. The maximum Gasteiger partial charge on any atom is 0.251 e. The number of aromatic hydroxyl groups is 1. The molecule has 1 aromatic rings. The highest BCUT2D eigenvalue weighted by molar-refractivity contribution is 9.09. The minimum absolute atomic E-state index is 0.137. The number of carbonyl (C=O) groups excluding carboxylic acids is 1. The van der Waals surface area contributed by atoms with Crippen LogP contribution in [0.25, 0.3) is 0 Å². The third kappa shape index (κ3) is 4.77. The first kappa shape index (κ1) is 14.0. The van der Waals surface area contributed by atoms with Gasteiger partial charge in [-0.2, -0.15) is 0 Å². The van der Waals surface area contributed by atoms with E-state index in [-0.39, 0.29) is 11.7 Å². The number of amides is 1. The molecule has 0 bridgehead atoms. The Balaban J connectivity index is 2.44. The summed E-state index contributed by atoms with van der Waals surface area (Å²) in [5.74, 6) is 0.0225. The molecule has 0 aliphatic rings. The summed E-state index contributed by atoms with van der Waals surface area (Å²) in [5, 5.41) is 12.3. The zero-order valence-corrected chi connectivity index (χ0v) is 11.8. The summed E-state index contributed by atoms with van der Waals surface area (Å²) in [6.07, 6.45) is 1.97. The SMILES string of the molecule is Cc1ccc(C(=O)NCCCC(C)Br)cc1O. The Bertz CT molecular complexity index is 391. The van der Waals surface area contributed by atoms with Gasteiger partial charge >= 0.3 is 0 Å². The zero-order valence-electron chi connectivity index (χ0n) is 10.2. The van der Waals surface area contributed by atoms with Crippen molar-refractivity contribution >= 4 is 21.8 Å². The fraction of sp³-hybridized carbons (Fsp3) is 0.462. The van der Waals surface area contributed by atoms with Crippen LogP contribution in [-0.4, -0.2) is 22.4 Å². The average Bonchev–Trinajstić information content (AvgIpc) is 2.27. The number of hydrogen-bond donors (Lipinski definition) is 2. The van der Waals surface area contributed by atoms with E-state index in [4.69, 9.17) is 0 Å². The van der Waals surface area contributed by atoms with Crippen molar-refractivity contribution in [1.29, 1.82) is 0 Å². The molecule has 4 heteroatoms. The molecule has 1 amide bonds. The minimum atomic E-state index is -0.137. The number of alkyl halides is 1. The molecular weight excluding hydrogens is 282 g/mol. The van der Waals surface area contributed by atoms with Crippen LogP contribution >= 0.6 is 15.9 Å². The Kier molecular flexibility index (Phi) is 5.48. The van der Waals surface area contributed by atoms with E-state index < -0.39 is 0 Å². The number of nitrogens with one attached hydrogen (secondary N) is 1. The van der Waals surface area contributed by atoms with Gasteiger partial charge in [0.15, 0.2) is 0 Å². The van der Waals surface area contributed by atoms with E-state index >= 15 is 0 Å². The van der Waals surface area contributed by atoms with Gasteiger partial charge in [0.2, 0.25) is 0 Å². The second-order valence-corrected chi connectivity index (χ2v) is 5.74. The molecule has 1 unspecified atom stereocenters. The largest absolute Gasteiger partial charge is 0.508 e. The number of phenolic OH excluding ortho intramolecular Hbond substituents is 1. The summed E-state index contributed by atoms with van der Waals surface area (Å²) in [5.41, 5.74) is 1.27. The molecule has 0 radical (unpaired) electrons. The Morgan fingerprint density at radius 2 is 2.24 bits per heavy atom. The highest BCUT2D eigenvalue weighted by atomic mass is 79.9. The van der Waals surface area contributed by atoms with Gasteiger partial charge < -0.3 is 10.4 Å². The maximum absolute atomic E-state index is 11.7. The van der Waals surface area contributed by atoms with Gasteiger partial charge in [-0.1, -0.05) is 28.9 Å². The summed E-state index contributed by atoms with van der Waals surface area (Å²) in [4.78, 5) is 12.2. The van der Waals surface area contributed by atoms with Gasteiger partial charge in [-0.05, 0) is 37.5 Å². The Morgan fingerprint density at radius 1 is 1.53 bits per heavy atom. The van der Waals surface area contributed by atoms with E-state index in [0.717, 1.165) is 18.4 Å². The average molecular weight is 300 g/mol. The predicted molar refractivity (Wildman–Crippen MR) is 72.8 cm³/mol. The minimum Gasteiger partial charge on any atom is -0.508 e. The van der Waals surface area contributed by atoms with E-state index in [1.165, 1.54) is 6.07 Å². The zero-order chi connectivity index (χ0) is 12.8. The van der Waals surface area contributed by atoms with Crippen LogP contribution in [0.15, 0.2) is 18.2 Å². The standard InChI is InChI=1S/C13H18BrNO2/c1-9-5-6-11(8-12(9)16)13(17)15-7-3-4-10(2)14/h5-6,8,10,16H,3-4,7H2,1-2H3,(H,15,17). The molecule has 3 nitrogen and oxygen atoms in total.